The van der Waals surface area contributed by atoms with E-state index in [2.05, 4.69) is 5.16 Å². The van der Waals surface area contributed by atoms with E-state index in [4.69, 9.17) is 34.1 Å². The number of hydrogen-bond acceptors (Lipinski definition) is 3. The zero-order valence-corrected chi connectivity index (χ0v) is 11.2. The molecule has 5 nitrogen and oxygen atoms in total. The van der Waals surface area contributed by atoms with Gasteiger partial charge in [0.05, 0.1) is 0 Å². The molecule has 1 aromatic rings. The first-order chi connectivity index (χ1) is 8.43. The number of carbonyl (C=O) groups is 1. The monoisotopic (exact) mass is 289 g/mol. The van der Waals surface area contributed by atoms with E-state index < -0.39 is 0 Å². The van der Waals surface area contributed by atoms with Gasteiger partial charge in [0.2, 0.25) is 0 Å². The van der Waals surface area contributed by atoms with Crippen molar-refractivity contribution in [1.82, 2.24) is 4.90 Å². The summed E-state index contributed by atoms with van der Waals surface area (Å²) in [6, 6.07) is 4.63. The zero-order chi connectivity index (χ0) is 13.7. The molecule has 1 amide bonds. The third-order valence-corrected chi connectivity index (χ3v) is 2.72. The predicted molar refractivity (Wildman–Crippen MR) is 71.4 cm³/mol. The first-order valence-corrected chi connectivity index (χ1v) is 5.87. The summed E-state index contributed by atoms with van der Waals surface area (Å²) >= 11 is 11.6. The third-order valence-electron chi connectivity index (χ3n) is 2.29. The first kappa shape index (κ1) is 14.6. The fraction of sp³-hybridized carbons (Fsp3) is 0.273. The van der Waals surface area contributed by atoms with Crippen LogP contribution in [-0.2, 0) is 0 Å². The standard InChI is InChI=1S/C11H13Cl2N3O2/c1-16(3-2-10(14)15-18)11(17)7-4-8(12)6-9(13)5-7/h4-6,18H,2-3H2,1H3,(H2,14,15). The van der Waals surface area contributed by atoms with E-state index in [-0.39, 0.29) is 18.2 Å². The van der Waals surface area contributed by atoms with Crippen LogP contribution in [0.15, 0.2) is 23.4 Å². The molecule has 0 fully saturated rings. The fourth-order valence-electron chi connectivity index (χ4n) is 1.33. The quantitative estimate of drug-likeness (QED) is 0.386. The number of rotatable bonds is 4. The van der Waals surface area contributed by atoms with Crippen molar-refractivity contribution < 1.29 is 10.0 Å². The highest BCUT2D eigenvalue weighted by Crippen LogP contribution is 2.19. The minimum atomic E-state index is -0.231. The van der Waals surface area contributed by atoms with Crippen LogP contribution in [0.4, 0.5) is 0 Å². The number of carbonyl (C=O) groups excluding carboxylic acids is 1. The lowest BCUT2D eigenvalue weighted by Gasteiger charge is -2.17. The molecule has 98 valence electrons. The van der Waals surface area contributed by atoms with E-state index in [1.165, 1.54) is 17.0 Å². The van der Waals surface area contributed by atoms with Crippen molar-refractivity contribution in [2.75, 3.05) is 13.6 Å². The second kappa shape index (κ2) is 6.47. The van der Waals surface area contributed by atoms with Gasteiger partial charge in [0.25, 0.3) is 5.91 Å². The van der Waals surface area contributed by atoms with Crippen LogP contribution in [0.25, 0.3) is 0 Å². The van der Waals surface area contributed by atoms with Gasteiger partial charge in [0, 0.05) is 35.6 Å². The molecule has 0 unspecified atom stereocenters. The molecule has 0 aliphatic heterocycles. The molecule has 0 bridgehead atoms. The SMILES string of the molecule is CN(CC/C(N)=N/O)C(=O)c1cc(Cl)cc(Cl)c1. The van der Waals surface area contributed by atoms with Gasteiger partial charge in [-0.15, -0.1) is 0 Å². The molecule has 7 heteroatoms. The van der Waals surface area contributed by atoms with Crippen LogP contribution in [-0.4, -0.2) is 35.4 Å². The number of hydrogen-bond donors (Lipinski definition) is 2. The van der Waals surface area contributed by atoms with Crippen LogP contribution in [0.5, 0.6) is 0 Å². The highest BCUT2D eigenvalue weighted by atomic mass is 35.5. The molecule has 1 rings (SSSR count). The summed E-state index contributed by atoms with van der Waals surface area (Å²) in [5, 5.41) is 12.0. The Hall–Kier alpha value is -1.46. The molecule has 0 heterocycles. The van der Waals surface area contributed by atoms with Crippen LogP contribution < -0.4 is 5.73 Å². The lowest BCUT2D eigenvalue weighted by atomic mass is 10.2. The van der Waals surface area contributed by atoms with E-state index in [1.807, 2.05) is 0 Å². The Labute approximate surface area is 115 Å². The summed E-state index contributed by atoms with van der Waals surface area (Å²) in [4.78, 5) is 13.5. The van der Waals surface area contributed by atoms with Crippen LogP contribution in [0.2, 0.25) is 10.0 Å². The maximum Gasteiger partial charge on any atom is 0.253 e. The summed E-state index contributed by atoms with van der Waals surface area (Å²) < 4.78 is 0. The van der Waals surface area contributed by atoms with Gasteiger partial charge in [-0.1, -0.05) is 28.4 Å². The summed E-state index contributed by atoms with van der Waals surface area (Å²) in [6.07, 6.45) is 0.285. The van der Waals surface area contributed by atoms with Crippen molar-refractivity contribution in [3.05, 3.63) is 33.8 Å². The van der Waals surface area contributed by atoms with E-state index in [0.29, 0.717) is 22.2 Å². The second-order valence-corrected chi connectivity index (χ2v) is 4.60. The Balaban J connectivity index is 2.74. The summed E-state index contributed by atoms with van der Waals surface area (Å²) in [7, 11) is 1.61. The minimum Gasteiger partial charge on any atom is -0.409 e. The van der Waals surface area contributed by atoms with Crippen LogP contribution >= 0.6 is 23.2 Å². The number of amidine groups is 1. The molecule has 18 heavy (non-hydrogen) atoms. The average molecular weight is 290 g/mol. The highest BCUT2D eigenvalue weighted by molar-refractivity contribution is 6.35. The zero-order valence-electron chi connectivity index (χ0n) is 9.73. The first-order valence-electron chi connectivity index (χ1n) is 5.12. The molecule has 0 radical (unpaired) electrons. The van der Waals surface area contributed by atoms with Gasteiger partial charge in [-0.2, -0.15) is 0 Å². The Kier molecular flexibility index (Phi) is 5.25. The lowest BCUT2D eigenvalue weighted by Crippen LogP contribution is -2.30. The smallest absolute Gasteiger partial charge is 0.253 e. The van der Waals surface area contributed by atoms with E-state index in [1.54, 1.807) is 13.1 Å². The molecular formula is C11H13Cl2N3O2. The highest BCUT2D eigenvalue weighted by Gasteiger charge is 2.13. The number of halogens is 2. The predicted octanol–water partition coefficient (Wildman–Crippen LogP) is 2.20. The molecule has 0 aliphatic carbocycles. The molecule has 0 spiro atoms. The Bertz CT molecular complexity index is 457. The molecule has 0 aromatic heterocycles. The van der Waals surface area contributed by atoms with Crippen molar-refractivity contribution in [3.63, 3.8) is 0 Å². The van der Waals surface area contributed by atoms with Gasteiger partial charge in [-0.05, 0) is 18.2 Å². The topological polar surface area (TPSA) is 78.9 Å². The number of amides is 1. The summed E-state index contributed by atoms with van der Waals surface area (Å²) in [5.74, 6) is -0.163. The van der Waals surface area contributed by atoms with Crippen molar-refractivity contribution in [2.24, 2.45) is 10.9 Å². The van der Waals surface area contributed by atoms with Crippen molar-refractivity contribution in [3.8, 4) is 0 Å². The summed E-state index contributed by atoms with van der Waals surface area (Å²) in [6.45, 7) is 0.332. The average Bonchev–Trinajstić information content (AvgIpc) is 2.33. The number of benzene rings is 1. The third kappa shape index (κ3) is 4.09. The number of nitrogens with two attached hydrogens (primary N) is 1. The maximum absolute atomic E-state index is 12.0. The van der Waals surface area contributed by atoms with Crippen molar-refractivity contribution >= 4 is 34.9 Å². The van der Waals surface area contributed by atoms with Gasteiger partial charge in [-0.3, -0.25) is 4.79 Å². The van der Waals surface area contributed by atoms with Gasteiger partial charge in [0.15, 0.2) is 0 Å². The number of nitrogens with zero attached hydrogens (tertiary/aromatic N) is 2. The van der Waals surface area contributed by atoms with Crippen LogP contribution in [0.3, 0.4) is 0 Å². The molecule has 1 aromatic carbocycles. The van der Waals surface area contributed by atoms with Crippen LogP contribution in [0.1, 0.15) is 16.8 Å². The summed E-state index contributed by atoms with van der Waals surface area (Å²) in [5.41, 5.74) is 5.73. The van der Waals surface area contributed by atoms with Crippen molar-refractivity contribution in [2.45, 2.75) is 6.42 Å². The molecule has 0 aliphatic rings. The second-order valence-electron chi connectivity index (χ2n) is 3.73. The lowest BCUT2D eigenvalue weighted by molar-refractivity contribution is 0.0798. The largest absolute Gasteiger partial charge is 0.409 e. The van der Waals surface area contributed by atoms with E-state index >= 15 is 0 Å². The van der Waals surface area contributed by atoms with Gasteiger partial charge >= 0.3 is 0 Å². The van der Waals surface area contributed by atoms with Crippen LogP contribution in [0, 0.1) is 0 Å². The molecule has 0 saturated heterocycles. The Morgan fingerprint density at radius 3 is 2.44 bits per heavy atom. The molecule has 0 atom stereocenters. The fourth-order valence-corrected chi connectivity index (χ4v) is 1.86. The van der Waals surface area contributed by atoms with E-state index in [0.717, 1.165) is 0 Å². The molecular weight excluding hydrogens is 277 g/mol. The number of oxime groups is 1. The minimum absolute atomic E-state index is 0.0683. The Morgan fingerprint density at radius 1 is 1.39 bits per heavy atom. The van der Waals surface area contributed by atoms with E-state index in [9.17, 15) is 4.79 Å². The maximum atomic E-state index is 12.0. The normalized spacial score (nSPS) is 11.4. The molecule has 0 saturated carbocycles. The molecule has 3 N–H and O–H groups in total. The van der Waals surface area contributed by atoms with Crippen molar-refractivity contribution in [1.29, 1.82) is 0 Å². The van der Waals surface area contributed by atoms with Gasteiger partial charge in [-0.25, -0.2) is 0 Å². The van der Waals surface area contributed by atoms with Gasteiger partial charge in [0.1, 0.15) is 5.84 Å². The Morgan fingerprint density at radius 2 is 1.94 bits per heavy atom. The van der Waals surface area contributed by atoms with Gasteiger partial charge < -0.3 is 15.8 Å².